The highest BCUT2D eigenvalue weighted by molar-refractivity contribution is 5.62. The molecular formula is C11H7NO2. The number of aromatic hydroxyl groups is 1. The number of nitriles is 1. The summed E-state index contributed by atoms with van der Waals surface area (Å²) >= 11 is 0. The minimum Gasteiger partial charge on any atom is -0.507 e. The lowest BCUT2D eigenvalue weighted by Crippen LogP contribution is -1.78. The van der Waals surface area contributed by atoms with Gasteiger partial charge in [-0.1, -0.05) is 0 Å². The average molecular weight is 185 g/mol. The molecule has 1 heterocycles. The van der Waals surface area contributed by atoms with Crippen LogP contribution in [0.1, 0.15) is 5.56 Å². The molecule has 0 saturated carbocycles. The zero-order valence-corrected chi connectivity index (χ0v) is 7.27. The molecule has 68 valence electrons. The molecule has 0 amide bonds. The molecule has 0 radical (unpaired) electrons. The van der Waals surface area contributed by atoms with E-state index in [1.54, 1.807) is 30.5 Å². The average Bonchev–Trinajstić information content (AvgIpc) is 2.70. The fraction of sp³-hybridized carbons (Fsp3) is 0. The van der Waals surface area contributed by atoms with Gasteiger partial charge in [0.25, 0.3) is 0 Å². The highest BCUT2D eigenvalue weighted by Gasteiger charge is 2.04. The van der Waals surface area contributed by atoms with Crippen LogP contribution in [0, 0.1) is 11.3 Å². The zero-order chi connectivity index (χ0) is 9.97. The lowest BCUT2D eigenvalue weighted by atomic mass is 10.1. The van der Waals surface area contributed by atoms with Gasteiger partial charge in [0.2, 0.25) is 0 Å². The predicted molar refractivity (Wildman–Crippen MR) is 50.5 cm³/mol. The molecule has 2 aromatic rings. The lowest BCUT2D eigenvalue weighted by Gasteiger charge is -1.99. The van der Waals surface area contributed by atoms with Gasteiger partial charge in [-0.05, 0) is 30.3 Å². The maximum atomic E-state index is 9.43. The van der Waals surface area contributed by atoms with Crippen molar-refractivity contribution in [3.63, 3.8) is 0 Å². The summed E-state index contributed by atoms with van der Waals surface area (Å²) in [5, 5.41) is 18.0. The molecule has 0 aliphatic carbocycles. The number of phenolic OH excluding ortho intramolecular Hbond substituents is 1. The molecule has 0 aliphatic rings. The van der Waals surface area contributed by atoms with Crippen molar-refractivity contribution < 1.29 is 9.52 Å². The second-order valence-electron chi connectivity index (χ2n) is 2.82. The molecule has 1 N–H and O–H groups in total. The van der Waals surface area contributed by atoms with E-state index in [-0.39, 0.29) is 11.3 Å². The van der Waals surface area contributed by atoms with E-state index in [0.717, 1.165) is 5.56 Å². The van der Waals surface area contributed by atoms with Gasteiger partial charge in [0.05, 0.1) is 11.8 Å². The smallest absolute Gasteiger partial charge is 0.134 e. The maximum Gasteiger partial charge on any atom is 0.134 e. The summed E-state index contributed by atoms with van der Waals surface area (Å²) < 4.78 is 5.15. The quantitative estimate of drug-likeness (QED) is 0.742. The number of furan rings is 1. The van der Waals surface area contributed by atoms with E-state index in [0.29, 0.717) is 5.76 Å². The summed E-state index contributed by atoms with van der Waals surface area (Å²) in [5.74, 6) is 0.645. The molecule has 0 atom stereocenters. The molecule has 14 heavy (non-hydrogen) atoms. The summed E-state index contributed by atoms with van der Waals surface area (Å²) in [4.78, 5) is 0. The van der Waals surface area contributed by atoms with Crippen LogP contribution in [0.5, 0.6) is 5.75 Å². The molecule has 3 heteroatoms. The van der Waals surface area contributed by atoms with E-state index in [1.807, 2.05) is 6.07 Å². The van der Waals surface area contributed by atoms with Gasteiger partial charge in [-0.15, -0.1) is 0 Å². The summed E-state index contributed by atoms with van der Waals surface area (Å²) in [5.41, 5.74) is 1.02. The molecule has 0 aliphatic heterocycles. The molecular weight excluding hydrogens is 178 g/mol. The Hall–Kier alpha value is -2.21. The molecule has 3 nitrogen and oxygen atoms in total. The van der Waals surface area contributed by atoms with Crippen molar-refractivity contribution in [3.8, 4) is 23.1 Å². The minimum atomic E-state index is -0.0265. The molecule has 0 bridgehead atoms. The first-order valence-corrected chi connectivity index (χ1v) is 4.08. The molecule has 1 aromatic carbocycles. The molecule has 0 saturated heterocycles. The number of hydrogen-bond acceptors (Lipinski definition) is 3. The Kier molecular flexibility index (Phi) is 1.96. The van der Waals surface area contributed by atoms with Gasteiger partial charge in [0.15, 0.2) is 0 Å². The fourth-order valence-corrected chi connectivity index (χ4v) is 1.22. The Bertz CT molecular complexity index is 480. The number of nitrogens with zero attached hydrogens (tertiary/aromatic N) is 1. The highest BCUT2D eigenvalue weighted by Crippen LogP contribution is 2.26. The fourth-order valence-electron chi connectivity index (χ4n) is 1.22. The SMILES string of the molecule is N#Cc1ccc(-c2ccco2)cc1O. The molecule has 0 unspecified atom stereocenters. The number of benzene rings is 1. The standard InChI is InChI=1S/C11H7NO2/c12-7-9-4-3-8(6-10(9)13)11-2-1-5-14-11/h1-6,13H. The van der Waals surface area contributed by atoms with Crippen molar-refractivity contribution in [3.05, 3.63) is 42.2 Å². The maximum absolute atomic E-state index is 9.43. The van der Waals surface area contributed by atoms with Crippen LogP contribution in [0.2, 0.25) is 0 Å². The number of phenols is 1. The highest BCUT2D eigenvalue weighted by atomic mass is 16.3. The summed E-state index contributed by atoms with van der Waals surface area (Å²) in [6, 6.07) is 10.3. The predicted octanol–water partition coefficient (Wildman–Crippen LogP) is 2.52. The molecule has 1 aromatic heterocycles. The minimum absolute atomic E-state index is 0.0265. The van der Waals surface area contributed by atoms with Crippen LogP contribution in [-0.4, -0.2) is 5.11 Å². The third-order valence-electron chi connectivity index (χ3n) is 1.92. The second-order valence-corrected chi connectivity index (χ2v) is 2.82. The van der Waals surface area contributed by atoms with Crippen molar-refractivity contribution >= 4 is 0 Å². The third-order valence-corrected chi connectivity index (χ3v) is 1.92. The van der Waals surface area contributed by atoms with Gasteiger partial charge in [-0.25, -0.2) is 0 Å². The van der Waals surface area contributed by atoms with Gasteiger partial charge < -0.3 is 9.52 Å². The van der Waals surface area contributed by atoms with Crippen LogP contribution >= 0.6 is 0 Å². The molecule has 2 rings (SSSR count). The summed E-state index contributed by atoms with van der Waals surface area (Å²) in [7, 11) is 0. The lowest BCUT2D eigenvalue weighted by molar-refractivity contribution is 0.473. The van der Waals surface area contributed by atoms with Gasteiger partial charge in [-0.2, -0.15) is 5.26 Å². The Morgan fingerprint density at radius 2 is 2.14 bits per heavy atom. The molecule has 0 fully saturated rings. The van der Waals surface area contributed by atoms with Crippen LogP contribution in [0.15, 0.2) is 41.0 Å². The Balaban J connectivity index is 2.49. The third kappa shape index (κ3) is 1.34. The van der Waals surface area contributed by atoms with Crippen LogP contribution in [0.4, 0.5) is 0 Å². The number of hydrogen-bond donors (Lipinski definition) is 1. The van der Waals surface area contributed by atoms with Crippen LogP contribution in [-0.2, 0) is 0 Å². The van der Waals surface area contributed by atoms with Gasteiger partial charge in [0.1, 0.15) is 17.6 Å². The van der Waals surface area contributed by atoms with E-state index in [2.05, 4.69) is 0 Å². The van der Waals surface area contributed by atoms with Gasteiger partial charge in [-0.3, -0.25) is 0 Å². The van der Waals surface area contributed by atoms with Crippen LogP contribution < -0.4 is 0 Å². The van der Waals surface area contributed by atoms with E-state index < -0.39 is 0 Å². The number of rotatable bonds is 1. The van der Waals surface area contributed by atoms with Crippen molar-refractivity contribution in [2.45, 2.75) is 0 Å². The van der Waals surface area contributed by atoms with E-state index in [9.17, 15) is 5.11 Å². The van der Waals surface area contributed by atoms with E-state index in [4.69, 9.17) is 9.68 Å². The van der Waals surface area contributed by atoms with Gasteiger partial charge in [0, 0.05) is 5.56 Å². The first-order chi connectivity index (χ1) is 6.81. The van der Waals surface area contributed by atoms with E-state index >= 15 is 0 Å². The Labute approximate surface area is 80.8 Å². The Morgan fingerprint density at radius 1 is 1.29 bits per heavy atom. The monoisotopic (exact) mass is 185 g/mol. The van der Waals surface area contributed by atoms with Crippen LogP contribution in [0.25, 0.3) is 11.3 Å². The van der Waals surface area contributed by atoms with Crippen molar-refractivity contribution in [2.75, 3.05) is 0 Å². The summed E-state index contributed by atoms with van der Waals surface area (Å²) in [6.07, 6.45) is 1.56. The Morgan fingerprint density at radius 3 is 2.71 bits per heavy atom. The first kappa shape index (κ1) is 8.39. The van der Waals surface area contributed by atoms with Crippen molar-refractivity contribution in [1.82, 2.24) is 0 Å². The van der Waals surface area contributed by atoms with E-state index in [1.165, 1.54) is 6.07 Å². The van der Waals surface area contributed by atoms with Crippen molar-refractivity contribution in [1.29, 1.82) is 5.26 Å². The largest absolute Gasteiger partial charge is 0.507 e. The normalized spacial score (nSPS) is 9.64. The zero-order valence-electron chi connectivity index (χ0n) is 7.27. The second kappa shape index (κ2) is 3.27. The van der Waals surface area contributed by atoms with Gasteiger partial charge >= 0.3 is 0 Å². The first-order valence-electron chi connectivity index (χ1n) is 4.08. The molecule has 0 spiro atoms. The van der Waals surface area contributed by atoms with Crippen molar-refractivity contribution in [2.24, 2.45) is 0 Å². The van der Waals surface area contributed by atoms with Crippen LogP contribution in [0.3, 0.4) is 0 Å². The topological polar surface area (TPSA) is 57.2 Å². The summed E-state index contributed by atoms with van der Waals surface area (Å²) in [6.45, 7) is 0.